The van der Waals surface area contributed by atoms with Crippen LogP contribution in [0.3, 0.4) is 0 Å². The minimum Gasteiger partial charge on any atom is -0.507 e. The third-order valence-corrected chi connectivity index (χ3v) is 3.80. The van der Waals surface area contributed by atoms with Gasteiger partial charge in [-0.15, -0.1) is 0 Å². The molecule has 1 aromatic rings. The predicted molar refractivity (Wildman–Crippen MR) is 79.2 cm³/mol. The molecule has 1 atom stereocenters. The van der Waals surface area contributed by atoms with Crippen molar-refractivity contribution in [3.05, 3.63) is 29.3 Å². The fourth-order valence-corrected chi connectivity index (χ4v) is 2.68. The molecule has 3 heteroatoms. The van der Waals surface area contributed by atoms with Gasteiger partial charge in [0.1, 0.15) is 5.75 Å². The Morgan fingerprint density at radius 1 is 1.21 bits per heavy atom. The average molecular weight is 263 g/mol. The van der Waals surface area contributed by atoms with Crippen LogP contribution in [0, 0.1) is 5.92 Å². The van der Waals surface area contributed by atoms with Crippen molar-refractivity contribution in [2.24, 2.45) is 11.1 Å². The Morgan fingerprint density at radius 2 is 1.84 bits per heavy atom. The van der Waals surface area contributed by atoms with Gasteiger partial charge in [-0.05, 0) is 29.5 Å². The first-order valence-electron chi connectivity index (χ1n) is 7.14. The molecule has 2 N–H and O–H groups in total. The van der Waals surface area contributed by atoms with Crippen LogP contribution in [-0.2, 0) is 0 Å². The highest BCUT2D eigenvalue weighted by atomic mass is 16.4. The van der Waals surface area contributed by atoms with Crippen LogP contribution in [0.2, 0.25) is 0 Å². The molecule has 0 saturated heterocycles. The van der Waals surface area contributed by atoms with Crippen molar-refractivity contribution in [1.82, 2.24) is 0 Å². The topological polar surface area (TPSA) is 52.8 Å². The normalized spacial score (nSPS) is 13.3. The zero-order valence-electron chi connectivity index (χ0n) is 12.1. The van der Waals surface area contributed by atoms with Crippen molar-refractivity contribution < 1.29 is 10.3 Å². The molecular weight excluding hydrogens is 238 g/mol. The zero-order chi connectivity index (χ0) is 14.3. The van der Waals surface area contributed by atoms with Crippen LogP contribution in [0.25, 0.3) is 0 Å². The number of phenolic OH excluding ortho intramolecular Hbond substituents is 1. The molecule has 0 aliphatic rings. The summed E-state index contributed by atoms with van der Waals surface area (Å²) in [6.45, 7) is 6.67. The molecule has 0 spiro atoms. The molecule has 106 valence electrons. The van der Waals surface area contributed by atoms with E-state index in [9.17, 15) is 5.11 Å². The summed E-state index contributed by atoms with van der Waals surface area (Å²) in [7, 11) is 0. The maximum absolute atomic E-state index is 9.69. The second-order valence-corrected chi connectivity index (χ2v) is 5.19. The maximum Gasteiger partial charge on any atom is 0.124 e. The minimum absolute atomic E-state index is 0.149. The molecule has 3 nitrogen and oxygen atoms in total. The van der Waals surface area contributed by atoms with Crippen LogP contribution in [0.5, 0.6) is 5.75 Å². The Balaban J connectivity index is 2.96. The van der Waals surface area contributed by atoms with Gasteiger partial charge in [0.15, 0.2) is 0 Å². The molecule has 0 radical (unpaired) electrons. The number of benzene rings is 1. The van der Waals surface area contributed by atoms with Gasteiger partial charge in [-0.3, -0.25) is 0 Å². The van der Waals surface area contributed by atoms with Crippen molar-refractivity contribution in [1.29, 1.82) is 0 Å². The summed E-state index contributed by atoms with van der Waals surface area (Å²) in [6.07, 6.45) is 6.11. The summed E-state index contributed by atoms with van der Waals surface area (Å²) >= 11 is 0. The fourth-order valence-electron chi connectivity index (χ4n) is 2.68. The number of rotatable bonds is 7. The first-order valence-corrected chi connectivity index (χ1v) is 7.14. The van der Waals surface area contributed by atoms with E-state index in [1.54, 1.807) is 6.07 Å². The number of hydrogen-bond acceptors (Lipinski definition) is 3. The van der Waals surface area contributed by atoms with Gasteiger partial charge < -0.3 is 10.3 Å². The lowest BCUT2D eigenvalue weighted by atomic mass is 9.81. The van der Waals surface area contributed by atoms with E-state index < -0.39 is 0 Å². The van der Waals surface area contributed by atoms with Gasteiger partial charge in [0.05, 0.1) is 6.21 Å². The van der Waals surface area contributed by atoms with Crippen molar-refractivity contribution in [3.63, 3.8) is 0 Å². The van der Waals surface area contributed by atoms with Gasteiger partial charge in [0.25, 0.3) is 0 Å². The van der Waals surface area contributed by atoms with Crippen molar-refractivity contribution in [3.8, 4) is 5.75 Å². The number of phenols is 1. The van der Waals surface area contributed by atoms with Crippen LogP contribution < -0.4 is 0 Å². The van der Waals surface area contributed by atoms with Gasteiger partial charge in [-0.2, -0.15) is 0 Å². The number of nitrogens with zero attached hydrogens (tertiary/aromatic N) is 1. The van der Waals surface area contributed by atoms with Crippen molar-refractivity contribution in [2.45, 2.75) is 52.4 Å². The van der Waals surface area contributed by atoms with Gasteiger partial charge in [0.2, 0.25) is 0 Å². The number of hydrogen-bond donors (Lipinski definition) is 2. The molecule has 1 aromatic carbocycles. The van der Waals surface area contributed by atoms with Crippen LogP contribution >= 0.6 is 0 Å². The molecule has 0 bridgehead atoms. The molecule has 0 aromatic heterocycles. The molecular formula is C16H25NO2. The van der Waals surface area contributed by atoms with Crippen LogP contribution in [0.15, 0.2) is 23.4 Å². The monoisotopic (exact) mass is 263 g/mol. The summed E-state index contributed by atoms with van der Waals surface area (Å²) in [5, 5.41) is 21.3. The van der Waals surface area contributed by atoms with Crippen molar-refractivity contribution in [2.75, 3.05) is 0 Å². The average Bonchev–Trinajstić information content (AvgIpc) is 2.40. The Bertz CT molecular complexity index is 409. The van der Waals surface area contributed by atoms with Gasteiger partial charge in [-0.1, -0.05) is 57.7 Å². The Hall–Kier alpha value is -1.51. The van der Waals surface area contributed by atoms with Gasteiger partial charge >= 0.3 is 0 Å². The molecule has 0 heterocycles. The molecule has 1 unspecified atom stereocenters. The van der Waals surface area contributed by atoms with E-state index in [0.29, 0.717) is 17.4 Å². The van der Waals surface area contributed by atoms with E-state index in [0.717, 1.165) is 0 Å². The lowest BCUT2D eigenvalue weighted by Gasteiger charge is -2.24. The molecule has 0 aliphatic carbocycles. The largest absolute Gasteiger partial charge is 0.507 e. The quantitative estimate of drug-likeness (QED) is 0.431. The smallest absolute Gasteiger partial charge is 0.124 e. The highest BCUT2D eigenvalue weighted by molar-refractivity contribution is 5.83. The summed E-state index contributed by atoms with van der Waals surface area (Å²) in [6, 6.07) is 5.56. The predicted octanol–water partition coefficient (Wildman–Crippen LogP) is 4.52. The zero-order valence-corrected chi connectivity index (χ0v) is 12.1. The summed E-state index contributed by atoms with van der Waals surface area (Å²) in [4.78, 5) is 0. The maximum atomic E-state index is 9.69. The van der Waals surface area contributed by atoms with Crippen molar-refractivity contribution >= 4 is 6.21 Å². The van der Waals surface area contributed by atoms with Crippen LogP contribution in [-0.4, -0.2) is 16.5 Å². The van der Waals surface area contributed by atoms with E-state index in [1.165, 1.54) is 37.5 Å². The third kappa shape index (κ3) is 4.27. The summed E-state index contributed by atoms with van der Waals surface area (Å²) < 4.78 is 0. The summed E-state index contributed by atoms with van der Waals surface area (Å²) in [5.74, 6) is 1.26. The van der Waals surface area contributed by atoms with Gasteiger partial charge in [0, 0.05) is 5.56 Å². The van der Waals surface area contributed by atoms with E-state index in [2.05, 4.69) is 25.9 Å². The second-order valence-electron chi connectivity index (χ2n) is 5.19. The molecule has 0 saturated carbocycles. The molecule has 0 aliphatic heterocycles. The Labute approximate surface area is 116 Å². The molecule has 0 fully saturated rings. The van der Waals surface area contributed by atoms with Crippen LogP contribution in [0.4, 0.5) is 0 Å². The summed E-state index contributed by atoms with van der Waals surface area (Å²) in [5.41, 5.74) is 1.76. The van der Waals surface area contributed by atoms with Crippen LogP contribution in [0.1, 0.15) is 63.5 Å². The first-order chi connectivity index (χ1) is 9.13. The number of aromatic hydroxyl groups is 1. The standard InChI is InChI=1S/C16H25NO2/c1-4-6-13(7-5-2)12(3)14-8-9-16(18)15(10-14)11-17-19/h8-13,18-19H,4-7H2,1-3H3/b17-11+. The third-order valence-electron chi connectivity index (χ3n) is 3.80. The van der Waals surface area contributed by atoms with E-state index in [1.807, 2.05) is 12.1 Å². The van der Waals surface area contributed by atoms with E-state index in [4.69, 9.17) is 5.21 Å². The molecule has 19 heavy (non-hydrogen) atoms. The lowest BCUT2D eigenvalue weighted by Crippen LogP contribution is -2.10. The fraction of sp³-hybridized carbons (Fsp3) is 0.562. The molecule has 0 amide bonds. The first kappa shape index (κ1) is 15.5. The second kappa shape index (κ2) is 7.82. The Morgan fingerprint density at radius 3 is 2.37 bits per heavy atom. The van der Waals surface area contributed by atoms with E-state index in [-0.39, 0.29) is 5.75 Å². The minimum atomic E-state index is 0.149. The lowest BCUT2D eigenvalue weighted by molar-refractivity contribution is 0.321. The number of oxime groups is 1. The Kier molecular flexibility index (Phi) is 6.40. The highest BCUT2D eigenvalue weighted by Gasteiger charge is 2.18. The highest BCUT2D eigenvalue weighted by Crippen LogP contribution is 2.33. The van der Waals surface area contributed by atoms with Gasteiger partial charge in [-0.25, -0.2) is 0 Å². The molecule has 1 rings (SSSR count). The van der Waals surface area contributed by atoms with E-state index >= 15 is 0 Å². The SMILES string of the molecule is CCCC(CCC)C(C)c1ccc(O)c(/C=N/O)c1.